The van der Waals surface area contributed by atoms with Gasteiger partial charge in [-0.15, -0.1) is 0 Å². The Kier molecular flexibility index (Phi) is 3.74. The SMILES string of the molecule is O=C(O)c1ccnc(SCc2cc(-c3ccco3)on2)c1. The molecule has 106 valence electrons. The van der Waals surface area contributed by atoms with E-state index in [0.717, 1.165) is 5.69 Å². The van der Waals surface area contributed by atoms with E-state index < -0.39 is 5.97 Å². The molecule has 3 aromatic heterocycles. The van der Waals surface area contributed by atoms with E-state index in [0.29, 0.717) is 22.3 Å². The first kappa shape index (κ1) is 13.4. The molecule has 3 rings (SSSR count). The summed E-state index contributed by atoms with van der Waals surface area (Å²) >= 11 is 1.39. The normalized spacial score (nSPS) is 10.7. The van der Waals surface area contributed by atoms with Crippen molar-refractivity contribution >= 4 is 17.7 Å². The maximum atomic E-state index is 10.9. The highest BCUT2D eigenvalue weighted by atomic mass is 32.2. The van der Waals surface area contributed by atoms with Gasteiger partial charge in [0, 0.05) is 18.0 Å². The lowest BCUT2D eigenvalue weighted by Crippen LogP contribution is -1.96. The fraction of sp³-hybridized carbons (Fsp3) is 0.0714. The van der Waals surface area contributed by atoms with Crippen molar-refractivity contribution in [3.05, 3.63) is 54.0 Å². The Morgan fingerprint density at radius 3 is 2.95 bits per heavy atom. The first-order valence-electron chi connectivity index (χ1n) is 6.04. The van der Waals surface area contributed by atoms with Crippen LogP contribution >= 0.6 is 11.8 Å². The summed E-state index contributed by atoms with van der Waals surface area (Å²) in [6, 6.07) is 8.33. The number of carboxylic acid groups (broad SMARTS) is 1. The molecule has 21 heavy (non-hydrogen) atoms. The Morgan fingerprint density at radius 2 is 2.19 bits per heavy atom. The minimum Gasteiger partial charge on any atom is -0.478 e. The molecule has 3 heterocycles. The predicted molar refractivity (Wildman–Crippen MR) is 75.0 cm³/mol. The molecule has 3 aromatic rings. The number of thioether (sulfide) groups is 1. The average molecular weight is 302 g/mol. The van der Waals surface area contributed by atoms with Crippen molar-refractivity contribution in [1.82, 2.24) is 10.1 Å². The number of aromatic nitrogens is 2. The van der Waals surface area contributed by atoms with Gasteiger partial charge in [0.1, 0.15) is 0 Å². The van der Waals surface area contributed by atoms with Crippen molar-refractivity contribution in [2.75, 3.05) is 0 Å². The van der Waals surface area contributed by atoms with Crippen LogP contribution in [0.4, 0.5) is 0 Å². The Bertz CT molecular complexity index is 752. The van der Waals surface area contributed by atoms with Crippen molar-refractivity contribution < 1.29 is 18.8 Å². The summed E-state index contributed by atoms with van der Waals surface area (Å²) < 4.78 is 10.4. The minimum atomic E-state index is -0.971. The maximum Gasteiger partial charge on any atom is 0.335 e. The first-order chi connectivity index (χ1) is 10.2. The third-order valence-corrected chi connectivity index (χ3v) is 3.63. The van der Waals surface area contributed by atoms with Crippen LogP contribution in [0.25, 0.3) is 11.5 Å². The van der Waals surface area contributed by atoms with Crippen LogP contribution in [-0.2, 0) is 5.75 Å². The summed E-state index contributed by atoms with van der Waals surface area (Å²) in [5, 5.41) is 13.5. The minimum absolute atomic E-state index is 0.212. The van der Waals surface area contributed by atoms with E-state index in [1.807, 2.05) is 0 Å². The highest BCUT2D eigenvalue weighted by molar-refractivity contribution is 7.98. The lowest BCUT2D eigenvalue weighted by molar-refractivity contribution is 0.0696. The van der Waals surface area contributed by atoms with E-state index in [-0.39, 0.29) is 5.56 Å². The van der Waals surface area contributed by atoms with E-state index in [1.165, 1.54) is 30.1 Å². The van der Waals surface area contributed by atoms with Crippen LogP contribution in [0.1, 0.15) is 16.1 Å². The smallest absolute Gasteiger partial charge is 0.335 e. The summed E-state index contributed by atoms with van der Waals surface area (Å²) in [5.41, 5.74) is 0.942. The van der Waals surface area contributed by atoms with Gasteiger partial charge in [-0.05, 0) is 24.3 Å². The lowest BCUT2D eigenvalue weighted by atomic mass is 10.3. The topological polar surface area (TPSA) is 89.4 Å². The number of hydrogen-bond acceptors (Lipinski definition) is 6. The van der Waals surface area contributed by atoms with Crippen molar-refractivity contribution in [2.45, 2.75) is 10.8 Å². The Hall–Kier alpha value is -2.54. The molecule has 6 nitrogen and oxygen atoms in total. The molecule has 0 bridgehead atoms. The Balaban J connectivity index is 1.68. The third-order valence-electron chi connectivity index (χ3n) is 2.67. The fourth-order valence-corrected chi connectivity index (χ4v) is 2.46. The average Bonchev–Trinajstić information content (AvgIpc) is 3.16. The maximum absolute atomic E-state index is 10.9. The summed E-state index contributed by atoms with van der Waals surface area (Å²) in [6.45, 7) is 0. The molecule has 0 aromatic carbocycles. The number of rotatable bonds is 5. The zero-order valence-electron chi connectivity index (χ0n) is 10.7. The van der Waals surface area contributed by atoms with Crippen LogP contribution < -0.4 is 0 Å². The summed E-state index contributed by atoms with van der Waals surface area (Å²) in [7, 11) is 0. The van der Waals surface area contributed by atoms with Crippen LogP contribution in [0.2, 0.25) is 0 Å². The van der Waals surface area contributed by atoms with Crippen LogP contribution in [0.3, 0.4) is 0 Å². The van der Waals surface area contributed by atoms with Gasteiger partial charge in [0.2, 0.25) is 5.76 Å². The van der Waals surface area contributed by atoms with Crippen LogP contribution in [-0.4, -0.2) is 21.2 Å². The van der Waals surface area contributed by atoms with E-state index in [9.17, 15) is 4.79 Å². The number of carboxylic acids is 1. The zero-order chi connectivity index (χ0) is 14.7. The van der Waals surface area contributed by atoms with Gasteiger partial charge in [-0.1, -0.05) is 16.9 Å². The summed E-state index contributed by atoms with van der Waals surface area (Å²) in [4.78, 5) is 15.0. The van der Waals surface area contributed by atoms with Crippen LogP contribution in [0.5, 0.6) is 0 Å². The van der Waals surface area contributed by atoms with Gasteiger partial charge >= 0.3 is 5.97 Å². The number of carbonyl (C=O) groups is 1. The van der Waals surface area contributed by atoms with Crippen LogP contribution in [0, 0.1) is 0 Å². The standard InChI is InChI=1S/C14H10N2O4S/c17-14(18)9-3-4-15-13(6-9)21-8-10-7-12(20-16-10)11-2-1-5-19-11/h1-7H,8H2,(H,17,18). The van der Waals surface area contributed by atoms with E-state index in [4.69, 9.17) is 14.0 Å². The second kappa shape index (κ2) is 5.84. The summed E-state index contributed by atoms with van der Waals surface area (Å²) in [5.74, 6) is 0.730. The van der Waals surface area contributed by atoms with Gasteiger partial charge in [-0.2, -0.15) is 0 Å². The number of furan rings is 1. The lowest BCUT2D eigenvalue weighted by Gasteiger charge is -1.99. The molecule has 0 amide bonds. The quantitative estimate of drug-likeness (QED) is 0.723. The van der Waals surface area contributed by atoms with Crippen molar-refractivity contribution in [3.63, 3.8) is 0 Å². The Morgan fingerprint density at radius 1 is 1.29 bits per heavy atom. The molecule has 0 aliphatic heterocycles. The highest BCUT2D eigenvalue weighted by Crippen LogP contribution is 2.25. The van der Waals surface area contributed by atoms with E-state index in [2.05, 4.69) is 10.1 Å². The molecule has 0 aliphatic rings. The molecule has 7 heteroatoms. The number of nitrogens with zero attached hydrogens (tertiary/aromatic N) is 2. The van der Waals surface area contributed by atoms with E-state index in [1.54, 1.807) is 24.5 Å². The van der Waals surface area contributed by atoms with Crippen molar-refractivity contribution in [1.29, 1.82) is 0 Å². The largest absolute Gasteiger partial charge is 0.478 e. The molecule has 0 aliphatic carbocycles. The number of hydrogen-bond donors (Lipinski definition) is 1. The van der Waals surface area contributed by atoms with E-state index >= 15 is 0 Å². The molecule has 0 spiro atoms. The molecule has 0 atom stereocenters. The molecule has 0 radical (unpaired) electrons. The number of aromatic carboxylic acids is 1. The highest BCUT2D eigenvalue weighted by Gasteiger charge is 2.10. The van der Waals surface area contributed by atoms with Crippen molar-refractivity contribution in [2.24, 2.45) is 0 Å². The Labute approximate surface area is 123 Å². The molecule has 0 fully saturated rings. The molecule has 0 saturated carbocycles. The second-order valence-corrected chi connectivity index (χ2v) is 5.13. The second-order valence-electron chi connectivity index (χ2n) is 4.14. The van der Waals surface area contributed by atoms with Gasteiger partial charge < -0.3 is 14.0 Å². The van der Waals surface area contributed by atoms with Gasteiger partial charge in [-0.25, -0.2) is 9.78 Å². The predicted octanol–water partition coefficient (Wildman–Crippen LogP) is 3.32. The zero-order valence-corrected chi connectivity index (χ0v) is 11.5. The monoisotopic (exact) mass is 302 g/mol. The van der Waals surface area contributed by atoms with Crippen LogP contribution in [0.15, 0.2) is 56.8 Å². The third kappa shape index (κ3) is 3.14. The molecule has 0 unspecified atom stereocenters. The van der Waals surface area contributed by atoms with Gasteiger partial charge in [0.15, 0.2) is 5.76 Å². The molecular formula is C14H10N2O4S. The first-order valence-corrected chi connectivity index (χ1v) is 7.02. The van der Waals surface area contributed by atoms with Gasteiger partial charge in [0.05, 0.1) is 22.5 Å². The summed E-state index contributed by atoms with van der Waals surface area (Å²) in [6.07, 6.45) is 3.04. The molecule has 0 saturated heterocycles. The fourth-order valence-electron chi connectivity index (χ4n) is 1.68. The van der Waals surface area contributed by atoms with Crippen molar-refractivity contribution in [3.8, 4) is 11.5 Å². The number of pyridine rings is 1. The molecular weight excluding hydrogens is 292 g/mol. The van der Waals surface area contributed by atoms with Gasteiger partial charge in [0.25, 0.3) is 0 Å². The molecule has 1 N–H and O–H groups in total. The van der Waals surface area contributed by atoms with Gasteiger partial charge in [-0.3, -0.25) is 0 Å².